The summed E-state index contributed by atoms with van der Waals surface area (Å²) >= 11 is 0. The Balaban J connectivity index is 2.03. The minimum absolute atomic E-state index is 0.868. The molecular formula is C12H13N3. The van der Waals surface area contributed by atoms with Gasteiger partial charge in [0.1, 0.15) is 5.82 Å². The highest BCUT2D eigenvalue weighted by Gasteiger charge is 2.14. The largest absolute Gasteiger partial charge is 0.249 e. The van der Waals surface area contributed by atoms with Gasteiger partial charge >= 0.3 is 0 Å². The van der Waals surface area contributed by atoms with Gasteiger partial charge in [-0.2, -0.15) is 5.10 Å². The van der Waals surface area contributed by atoms with Crippen molar-refractivity contribution in [3.63, 3.8) is 0 Å². The van der Waals surface area contributed by atoms with E-state index in [1.54, 1.807) is 0 Å². The summed E-state index contributed by atoms with van der Waals surface area (Å²) in [5.41, 5.74) is 1.11. The van der Waals surface area contributed by atoms with Gasteiger partial charge in [0.2, 0.25) is 0 Å². The van der Waals surface area contributed by atoms with Crippen LogP contribution in [0.25, 0.3) is 11.4 Å². The number of hydrogen-bond acceptors (Lipinski definition) is 2. The first-order chi connectivity index (χ1) is 7.43. The average Bonchev–Trinajstić information content (AvgIpc) is 2.74. The van der Waals surface area contributed by atoms with E-state index in [1.165, 1.54) is 12.8 Å². The van der Waals surface area contributed by atoms with Gasteiger partial charge < -0.3 is 0 Å². The second-order valence-electron chi connectivity index (χ2n) is 3.90. The molecule has 2 aromatic rings. The Morgan fingerprint density at radius 1 is 1.07 bits per heavy atom. The van der Waals surface area contributed by atoms with Crippen LogP contribution in [0.5, 0.6) is 0 Å². The van der Waals surface area contributed by atoms with Crippen molar-refractivity contribution >= 4 is 0 Å². The van der Waals surface area contributed by atoms with Crippen LogP contribution in [0.3, 0.4) is 0 Å². The molecule has 0 atom stereocenters. The van der Waals surface area contributed by atoms with E-state index in [2.05, 4.69) is 22.2 Å². The Bertz CT molecular complexity index is 435. The number of rotatable bonds is 1. The maximum absolute atomic E-state index is 4.57. The first-order valence-corrected chi connectivity index (χ1v) is 5.42. The fraction of sp³-hybridized carbons (Fsp3) is 0.333. The zero-order valence-electron chi connectivity index (χ0n) is 8.56. The molecule has 0 N–H and O–H groups in total. The van der Waals surface area contributed by atoms with Gasteiger partial charge in [0, 0.05) is 18.5 Å². The van der Waals surface area contributed by atoms with Gasteiger partial charge in [-0.25, -0.2) is 9.67 Å². The molecule has 0 unspecified atom stereocenters. The molecule has 2 heterocycles. The van der Waals surface area contributed by atoms with Crippen LogP contribution in [-0.2, 0) is 13.0 Å². The highest BCUT2D eigenvalue weighted by Crippen LogP contribution is 2.18. The van der Waals surface area contributed by atoms with Gasteiger partial charge in [-0.15, -0.1) is 0 Å². The van der Waals surface area contributed by atoms with Crippen LogP contribution in [0.2, 0.25) is 0 Å². The molecule has 1 aliphatic heterocycles. The van der Waals surface area contributed by atoms with E-state index in [1.807, 2.05) is 22.9 Å². The zero-order valence-corrected chi connectivity index (χ0v) is 8.56. The first-order valence-electron chi connectivity index (χ1n) is 5.42. The predicted molar refractivity (Wildman–Crippen MR) is 58.4 cm³/mol. The summed E-state index contributed by atoms with van der Waals surface area (Å²) < 4.78 is 2.05. The van der Waals surface area contributed by atoms with E-state index in [-0.39, 0.29) is 0 Å². The lowest BCUT2D eigenvalue weighted by Crippen LogP contribution is -2.11. The summed E-state index contributed by atoms with van der Waals surface area (Å²) in [5.74, 6) is 2.01. The maximum Gasteiger partial charge on any atom is 0.181 e. The second kappa shape index (κ2) is 3.50. The second-order valence-corrected chi connectivity index (χ2v) is 3.90. The third-order valence-electron chi connectivity index (χ3n) is 2.80. The summed E-state index contributed by atoms with van der Waals surface area (Å²) in [5, 5.41) is 4.53. The van der Waals surface area contributed by atoms with Gasteiger partial charge in [-0.3, -0.25) is 0 Å². The molecule has 15 heavy (non-hydrogen) atoms. The molecule has 0 saturated heterocycles. The molecule has 1 aliphatic rings. The third kappa shape index (κ3) is 1.54. The Hall–Kier alpha value is -1.64. The van der Waals surface area contributed by atoms with Crippen LogP contribution in [0, 0.1) is 0 Å². The van der Waals surface area contributed by atoms with Crippen LogP contribution in [0.15, 0.2) is 30.3 Å². The molecule has 3 rings (SSSR count). The molecule has 0 radical (unpaired) electrons. The normalized spacial score (nSPS) is 14.9. The van der Waals surface area contributed by atoms with Crippen molar-refractivity contribution in [2.24, 2.45) is 0 Å². The van der Waals surface area contributed by atoms with Crippen molar-refractivity contribution in [1.29, 1.82) is 0 Å². The molecular weight excluding hydrogens is 186 g/mol. The fourth-order valence-electron chi connectivity index (χ4n) is 1.99. The molecule has 76 valence electrons. The van der Waals surface area contributed by atoms with Gasteiger partial charge in [0.15, 0.2) is 5.82 Å². The van der Waals surface area contributed by atoms with Crippen molar-refractivity contribution in [3.05, 3.63) is 36.2 Å². The summed E-state index contributed by atoms with van der Waals surface area (Å²) in [4.78, 5) is 4.57. The summed E-state index contributed by atoms with van der Waals surface area (Å²) in [6.45, 7) is 1.02. The lowest BCUT2D eigenvalue weighted by Gasteiger charge is -2.09. The minimum Gasteiger partial charge on any atom is -0.249 e. The number of hydrogen-bond donors (Lipinski definition) is 0. The molecule has 1 aromatic carbocycles. The van der Waals surface area contributed by atoms with Gasteiger partial charge in [-0.1, -0.05) is 30.3 Å². The SMILES string of the molecule is c1ccc(-c2nc3n(n2)CCCC3)cc1. The fourth-order valence-corrected chi connectivity index (χ4v) is 1.99. The monoisotopic (exact) mass is 199 g/mol. The molecule has 0 spiro atoms. The number of benzene rings is 1. The predicted octanol–water partition coefficient (Wildman–Crippen LogP) is 2.28. The number of aromatic nitrogens is 3. The Morgan fingerprint density at radius 3 is 2.73 bits per heavy atom. The summed E-state index contributed by atoms with van der Waals surface area (Å²) in [6, 6.07) is 10.2. The Kier molecular flexibility index (Phi) is 2.02. The highest BCUT2D eigenvalue weighted by atomic mass is 15.3. The lowest BCUT2D eigenvalue weighted by molar-refractivity contribution is 0.480. The van der Waals surface area contributed by atoms with Crippen LogP contribution in [0.4, 0.5) is 0 Å². The van der Waals surface area contributed by atoms with Crippen LogP contribution < -0.4 is 0 Å². The molecule has 0 bridgehead atoms. The summed E-state index contributed by atoms with van der Waals surface area (Å²) in [6.07, 6.45) is 3.54. The van der Waals surface area contributed by atoms with Gasteiger partial charge in [-0.05, 0) is 12.8 Å². The van der Waals surface area contributed by atoms with Crippen molar-refractivity contribution < 1.29 is 0 Å². The van der Waals surface area contributed by atoms with E-state index in [4.69, 9.17) is 0 Å². The van der Waals surface area contributed by atoms with Crippen molar-refractivity contribution in [1.82, 2.24) is 14.8 Å². The first kappa shape index (κ1) is 8.65. The number of nitrogens with zero attached hydrogens (tertiary/aromatic N) is 3. The maximum atomic E-state index is 4.57. The number of fused-ring (bicyclic) bond motifs is 1. The topological polar surface area (TPSA) is 30.7 Å². The van der Waals surface area contributed by atoms with Crippen molar-refractivity contribution in [2.75, 3.05) is 0 Å². The molecule has 0 saturated carbocycles. The van der Waals surface area contributed by atoms with Gasteiger partial charge in [0.25, 0.3) is 0 Å². The van der Waals surface area contributed by atoms with E-state index in [9.17, 15) is 0 Å². The molecule has 3 heteroatoms. The molecule has 3 nitrogen and oxygen atoms in total. The van der Waals surface area contributed by atoms with Crippen LogP contribution >= 0.6 is 0 Å². The zero-order chi connectivity index (χ0) is 10.1. The smallest absolute Gasteiger partial charge is 0.181 e. The van der Waals surface area contributed by atoms with Crippen molar-refractivity contribution in [3.8, 4) is 11.4 Å². The Morgan fingerprint density at radius 2 is 1.93 bits per heavy atom. The standard InChI is InChI=1S/C12H13N3/c1-2-6-10(7-3-1)12-13-11-8-4-5-9-15(11)14-12/h1-3,6-7H,4-5,8-9H2. The lowest BCUT2D eigenvalue weighted by atomic mass is 10.2. The van der Waals surface area contributed by atoms with E-state index < -0.39 is 0 Å². The summed E-state index contributed by atoms with van der Waals surface area (Å²) in [7, 11) is 0. The minimum atomic E-state index is 0.868. The van der Waals surface area contributed by atoms with E-state index in [0.717, 1.165) is 30.2 Å². The van der Waals surface area contributed by atoms with E-state index in [0.29, 0.717) is 0 Å². The molecule has 0 aliphatic carbocycles. The molecule has 0 amide bonds. The molecule has 1 aromatic heterocycles. The van der Waals surface area contributed by atoms with Crippen LogP contribution in [-0.4, -0.2) is 14.8 Å². The average molecular weight is 199 g/mol. The van der Waals surface area contributed by atoms with Crippen LogP contribution in [0.1, 0.15) is 18.7 Å². The quantitative estimate of drug-likeness (QED) is 0.705. The van der Waals surface area contributed by atoms with Crippen molar-refractivity contribution in [2.45, 2.75) is 25.8 Å². The number of aryl methyl sites for hydroxylation is 2. The molecule has 0 fully saturated rings. The van der Waals surface area contributed by atoms with E-state index >= 15 is 0 Å². The van der Waals surface area contributed by atoms with Gasteiger partial charge in [0.05, 0.1) is 0 Å². The third-order valence-corrected chi connectivity index (χ3v) is 2.80. The Labute approximate surface area is 88.8 Å². The highest BCUT2D eigenvalue weighted by molar-refractivity contribution is 5.54.